The molecule has 0 aliphatic rings. The van der Waals surface area contributed by atoms with Gasteiger partial charge in [-0.3, -0.25) is 4.79 Å². The van der Waals surface area contributed by atoms with Gasteiger partial charge in [-0.15, -0.1) is 0 Å². The zero-order valence-corrected chi connectivity index (χ0v) is 15.4. The van der Waals surface area contributed by atoms with E-state index in [-0.39, 0.29) is 11.8 Å². The Kier molecular flexibility index (Phi) is 5.16. The summed E-state index contributed by atoms with van der Waals surface area (Å²) in [5.74, 6) is 0.334. The van der Waals surface area contributed by atoms with Crippen LogP contribution in [0.15, 0.2) is 54.6 Å². The molecular formula is C20H17Cl2NO2. The number of methoxy groups -OCH3 is 1. The number of benzene rings is 3. The maximum Gasteiger partial charge on any atom is 0.231 e. The Bertz CT molecular complexity index is 940. The molecule has 0 bridgehead atoms. The van der Waals surface area contributed by atoms with Crippen molar-refractivity contribution in [1.29, 1.82) is 0 Å². The van der Waals surface area contributed by atoms with Crippen LogP contribution in [-0.4, -0.2) is 13.0 Å². The molecule has 1 amide bonds. The van der Waals surface area contributed by atoms with Crippen LogP contribution in [0, 0.1) is 0 Å². The number of halogens is 2. The second-order valence-corrected chi connectivity index (χ2v) is 6.57. The third-order valence-corrected chi connectivity index (χ3v) is 4.99. The molecule has 0 aliphatic heterocycles. The van der Waals surface area contributed by atoms with Crippen molar-refractivity contribution in [3.05, 3.63) is 70.2 Å². The average Bonchev–Trinajstić information content (AvgIpc) is 2.63. The van der Waals surface area contributed by atoms with Crippen LogP contribution in [0.5, 0.6) is 5.75 Å². The van der Waals surface area contributed by atoms with Gasteiger partial charge in [0, 0.05) is 0 Å². The number of carbonyl (C=O) groups excluding carboxylic acids is 1. The van der Waals surface area contributed by atoms with Crippen molar-refractivity contribution in [2.45, 2.75) is 12.8 Å². The molecule has 3 aromatic carbocycles. The maximum atomic E-state index is 12.6. The molecule has 3 nitrogen and oxygen atoms in total. The van der Waals surface area contributed by atoms with Crippen molar-refractivity contribution >= 4 is 45.6 Å². The van der Waals surface area contributed by atoms with Crippen molar-refractivity contribution in [3.63, 3.8) is 0 Å². The molecule has 0 heterocycles. The number of rotatable bonds is 4. The smallest absolute Gasteiger partial charge is 0.231 e. The Balaban J connectivity index is 1.84. The summed E-state index contributed by atoms with van der Waals surface area (Å²) in [6.45, 7) is 1.86. The van der Waals surface area contributed by atoms with Gasteiger partial charge in [-0.1, -0.05) is 53.5 Å². The molecule has 1 N–H and O–H groups in total. The average molecular weight is 374 g/mol. The minimum atomic E-state index is -0.332. The van der Waals surface area contributed by atoms with E-state index in [1.54, 1.807) is 25.3 Å². The van der Waals surface area contributed by atoms with Gasteiger partial charge < -0.3 is 10.1 Å². The lowest BCUT2D eigenvalue weighted by Crippen LogP contribution is -2.19. The SMILES string of the molecule is COc1ccc2cc(C(C)C(=O)Nc3cccc(Cl)c3Cl)ccc2c1. The standard InChI is InChI=1S/C20H17Cl2NO2/c1-12(20(24)23-18-5-3-4-17(21)19(18)22)13-6-7-15-11-16(25-2)9-8-14(15)10-13/h3-12H,1-2H3,(H,23,24). The Hall–Kier alpha value is -2.23. The van der Waals surface area contributed by atoms with E-state index in [0.29, 0.717) is 15.7 Å². The predicted octanol–water partition coefficient (Wildman–Crippen LogP) is 5.90. The van der Waals surface area contributed by atoms with Gasteiger partial charge in [0.1, 0.15) is 5.75 Å². The van der Waals surface area contributed by atoms with E-state index in [2.05, 4.69) is 5.32 Å². The van der Waals surface area contributed by atoms with Crippen LogP contribution >= 0.6 is 23.2 Å². The van der Waals surface area contributed by atoms with E-state index >= 15 is 0 Å². The monoisotopic (exact) mass is 373 g/mol. The van der Waals surface area contributed by atoms with Gasteiger partial charge in [0.2, 0.25) is 5.91 Å². The summed E-state index contributed by atoms with van der Waals surface area (Å²) in [7, 11) is 1.64. The summed E-state index contributed by atoms with van der Waals surface area (Å²) in [6, 6.07) is 17.0. The fourth-order valence-electron chi connectivity index (χ4n) is 2.63. The summed E-state index contributed by atoms with van der Waals surface area (Å²) in [6.07, 6.45) is 0. The van der Waals surface area contributed by atoms with E-state index in [1.807, 2.05) is 43.3 Å². The fraction of sp³-hybridized carbons (Fsp3) is 0.150. The number of ether oxygens (including phenoxy) is 1. The van der Waals surface area contributed by atoms with Crippen LogP contribution in [0.3, 0.4) is 0 Å². The molecule has 1 atom stereocenters. The molecule has 0 saturated carbocycles. The third-order valence-electron chi connectivity index (χ3n) is 4.17. The van der Waals surface area contributed by atoms with Crippen molar-refractivity contribution in [2.24, 2.45) is 0 Å². The van der Waals surface area contributed by atoms with E-state index in [0.717, 1.165) is 22.1 Å². The summed E-state index contributed by atoms with van der Waals surface area (Å²) in [5.41, 5.74) is 1.44. The van der Waals surface area contributed by atoms with Gasteiger partial charge in [0.25, 0.3) is 0 Å². The second kappa shape index (κ2) is 7.34. The van der Waals surface area contributed by atoms with Crippen molar-refractivity contribution in [2.75, 3.05) is 12.4 Å². The van der Waals surface area contributed by atoms with Gasteiger partial charge in [-0.05, 0) is 47.5 Å². The van der Waals surface area contributed by atoms with Gasteiger partial charge in [0.05, 0.1) is 28.8 Å². The van der Waals surface area contributed by atoms with Crippen molar-refractivity contribution in [3.8, 4) is 5.75 Å². The Morgan fingerprint density at radius 2 is 1.76 bits per heavy atom. The van der Waals surface area contributed by atoms with Crippen LogP contribution < -0.4 is 10.1 Å². The summed E-state index contributed by atoms with van der Waals surface area (Å²) in [5, 5.41) is 5.71. The van der Waals surface area contributed by atoms with E-state index < -0.39 is 0 Å². The van der Waals surface area contributed by atoms with Crippen molar-refractivity contribution < 1.29 is 9.53 Å². The van der Waals surface area contributed by atoms with Gasteiger partial charge in [-0.2, -0.15) is 0 Å². The number of nitrogens with one attached hydrogen (secondary N) is 1. The van der Waals surface area contributed by atoms with Crippen molar-refractivity contribution in [1.82, 2.24) is 0 Å². The Morgan fingerprint density at radius 1 is 1.04 bits per heavy atom. The number of fused-ring (bicyclic) bond motifs is 1. The molecule has 0 aliphatic carbocycles. The van der Waals surface area contributed by atoms with Gasteiger partial charge in [-0.25, -0.2) is 0 Å². The van der Waals surface area contributed by atoms with E-state index in [4.69, 9.17) is 27.9 Å². The van der Waals surface area contributed by atoms with Crippen LogP contribution in [0.2, 0.25) is 10.0 Å². The first kappa shape index (κ1) is 17.6. The molecule has 3 aromatic rings. The largest absolute Gasteiger partial charge is 0.497 e. The van der Waals surface area contributed by atoms with E-state index in [9.17, 15) is 4.79 Å². The number of carbonyl (C=O) groups is 1. The molecule has 128 valence electrons. The Labute approximate surface area is 156 Å². The number of hydrogen-bond acceptors (Lipinski definition) is 2. The number of hydrogen-bond donors (Lipinski definition) is 1. The highest BCUT2D eigenvalue weighted by Gasteiger charge is 2.17. The molecular weight excluding hydrogens is 357 g/mol. The fourth-order valence-corrected chi connectivity index (χ4v) is 2.98. The molecule has 0 radical (unpaired) electrons. The molecule has 0 saturated heterocycles. The van der Waals surface area contributed by atoms with Crippen LogP contribution in [0.4, 0.5) is 5.69 Å². The summed E-state index contributed by atoms with van der Waals surface area (Å²) < 4.78 is 5.24. The molecule has 1 unspecified atom stereocenters. The lowest BCUT2D eigenvalue weighted by Gasteiger charge is -2.15. The van der Waals surface area contributed by atoms with E-state index in [1.165, 1.54) is 0 Å². The lowest BCUT2D eigenvalue weighted by molar-refractivity contribution is -0.117. The maximum absolute atomic E-state index is 12.6. The topological polar surface area (TPSA) is 38.3 Å². The zero-order valence-electron chi connectivity index (χ0n) is 13.8. The molecule has 25 heavy (non-hydrogen) atoms. The third kappa shape index (κ3) is 3.73. The normalized spacial score (nSPS) is 12.0. The first-order valence-corrected chi connectivity index (χ1v) is 8.58. The molecule has 0 fully saturated rings. The quantitative estimate of drug-likeness (QED) is 0.618. The molecule has 0 aromatic heterocycles. The van der Waals surface area contributed by atoms with Crippen LogP contribution in [0.1, 0.15) is 18.4 Å². The highest BCUT2D eigenvalue weighted by Crippen LogP contribution is 2.31. The minimum Gasteiger partial charge on any atom is -0.497 e. The van der Waals surface area contributed by atoms with Crippen LogP contribution in [0.25, 0.3) is 10.8 Å². The first-order chi connectivity index (χ1) is 12.0. The van der Waals surface area contributed by atoms with Gasteiger partial charge >= 0.3 is 0 Å². The zero-order chi connectivity index (χ0) is 18.0. The summed E-state index contributed by atoms with van der Waals surface area (Å²) >= 11 is 12.1. The highest BCUT2D eigenvalue weighted by molar-refractivity contribution is 6.44. The Morgan fingerprint density at radius 3 is 2.52 bits per heavy atom. The predicted molar refractivity (Wildman–Crippen MR) is 104 cm³/mol. The molecule has 0 spiro atoms. The lowest BCUT2D eigenvalue weighted by atomic mass is 9.97. The molecule has 5 heteroatoms. The van der Waals surface area contributed by atoms with Gasteiger partial charge in [0.15, 0.2) is 0 Å². The molecule has 3 rings (SSSR count). The minimum absolute atomic E-state index is 0.142. The summed E-state index contributed by atoms with van der Waals surface area (Å²) in [4.78, 5) is 12.6. The highest BCUT2D eigenvalue weighted by atomic mass is 35.5. The second-order valence-electron chi connectivity index (χ2n) is 5.78. The number of amides is 1. The first-order valence-electron chi connectivity index (χ1n) is 7.82. The number of anilines is 1. The van der Waals surface area contributed by atoms with Crippen LogP contribution in [-0.2, 0) is 4.79 Å².